The van der Waals surface area contributed by atoms with Crippen molar-refractivity contribution in [3.63, 3.8) is 0 Å². The van der Waals surface area contributed by atoms with E-state index in [0.717, 1.165) is 24.2 Å². The molecule has 2 rings (SSSR count). The van der Waals surface area contributed by atoms with Crippen molar-refractivity contribution >= 4 is 21.7 Å². The molecule has 4 heteroatoms. The van der Waals surface area contributed by atoms with Gasteiger partial charge in [0.25, 0.3) is 0 Å². The van der Waals surface area contributed by atoms with Crippen LogP contribution in [0.15, 0.2) is 18.3 Å². The third kappa shape index (κ3) is 2.55. The van der Waals surface area contributed by atoms with Gasteiger partial charge in [0, 0.05) is 30.2 Å². The fraction of sp³-hybridized carbons (Fsp3) is 0.583. The highest BCUT2D eigenvalue weighted by molar-refractivity contribution is 9.08. The lowest BCUT2D eigenvalue weighted by atomic mass is 10.2. The number of anilines is 1. The van der Waals surface area contributed by atoms with E-state index < -0.39 is 0 Å². The highest BCUT2D eigenvalue weighted by Crippen LogP contribution is 2.23. The van der Waals surface area contributed by atoms with E-state index in [1.165, 1.54) is 5.56 Å². The number of halogens is 1. The molecule has 1 aromatic heterocycles. The van der Waals surface area contributed by atoms with Gasteiger partial charge in [0.05, 0.1) is 12.2 Å². The molecule has 2 atom stereocenters. The number of nitrogens with zero attached hydrogens (tertiary/aromatic N) is 2. The van der Waals surface area contributed by atoms with Crippen LogP contribution in [-0.4, -0.2) is 30.3 Å². The zero-order valence-electron chi connectivity index (χ0n) is 9.69. The van der Waals surface area contributed by atoms with Crippen molar-refractivity contribution in [3.8, 4) is 0 Å². The lowest BCUT2D eigenvalue weighted by Gasteiger charge is -2.36. The zero-order valence-corrected chi connectivity index (χ0v) is 11.3. The van der Waals surface area contributed by atoms with Crippen molar-refractivity contribution in [1.82, 2.24) is 4.98 Å². The zero-order chi connectivity index (χ0) is 11.5. The largest absolute Gasteiger partial charge is 0.372 e. The maximum atomic E-state index is 5.73. The number of pyridine rings is 1. The molecule has 0 unspecified atom stereocenters. The summed E-state index contributed by atoms with van der Waals surface area (Å²) in [7, 11) is 0. The Bertz CT molecular complexity index is 349. The average Bonchev–Trinajstić information content (AvgIpc) is 2.27. The third-order valence-corrected chi connectivity index (χ3v) is 3.33. The van der Waals surface area contributed by atoms with Crippen molar-refractivity contribution in [2.24, 2.45) is 0 Å². The van der Waals surface area contributed by atoms with E-state index in [1.807, 2.05) is 12.3 Å². The third-order valence-electron chi connectivity index (χ3n) is 2.73. The number of ether oxygens (including phenoxy) is 1. The molecular formula is C12H17BrN2O. The number of morpholine rings is 1. The van der Waals surface area contributed by atoms with Gasteiger partial charge in [-0.3, -0.25) is 0 Å². The molecule has 0 amide bonds. The predicted molar refractivity (Wildman–Crippen MR) is 69.1 cm³/mol. The second-order valence-corrected chi connectivity index (χ2v) is 4.84. The monoisotopic (exact) mass is 284 g/mol. The second kappa shape index (κ2) is 5.15. The molecule has 1 saturated heterocycles. The minimum Gasteiger partial charge on any atom is -0.372 e. The topological polar surface area (TPSA) is 25.4 Å². The molecule has 1 aliphatic heterocycles. The van der Waals surface area contributed by atoms with Gasteiger partial charge in [-0.1, -0.05) is 22.0 Å². The van der Waals surface area contributed by atoms with E-state index in [0.29, 0.717) is 0 Å². The predicted octanol–water partition coefficient (Wildman–Crippen LogP) is 2.59. The van der Waals surface area contributed by atoms with E-state index in [1.54, 1.807) is 0 Å². The number of alkyl halides is 1. The van der Waals surface area contributed by atoms with Gasteiger partial charge in [-0.25, -0.2) is 4.98 Å². The van der Waals surface area contributed by atoms with Crippen LogP contribution in [0, 0.1) is 0 Å². The molecule has 3 nitrogen and oxygen atoms in total. The summed E-state index contributed by atoms with van der Waals surface area (Å²) < 4.78 is 5.73. The van der Waals surface area contributed by atoms with Crippen LogP contribution >= 0.6 is 15.9 Å². The molecule has 0 bridgehead atoms. The Morgan fingerprint density at radius 1 is 1.44 bits per heavy atom. The summed E-state index contributed by atoms with van der Waals surface area (Å²) in [5.74, 6) is 1.08. The highest BCUT2D eigenvalue weighted by atomic mass is 79.9. The van der Waals surface area contributed by atoms with Crippen molar-refractivity contribution in [3.05, 3.63) is 23.9 Å². The van der Waals surface area contributed by atoms with Gasteiger partial charge in [0.2, 0.25) is 0 Å². The lowest BCUT2D eigenvalue weighted by molar-refractivity contribution is -0.00549. The van der Waals surface area contributed by atoms with Gasteiger partial charge >= 0.3 is 0 Å². The van der Waals surface area contributed by atoms with Crippen LogP contribution in [0.25, 0.3) is 0 Å². The Hall–Kier alpha value is -0.610. The van der Waals surface area contributed by atoms with Gasteiger partial charge in [-0.2, -0.15) is 0 Å². The van der Waals surface area contributed by atoms with E-state index in [2.05, 4.69) is 45.7 Å². The molecule has 0 saturated carbocycles. The Morgan fingerprint density at radius 3 is 2.75 bits per heavy atom. The first-order valence-corrected chi connectivity index (χ1v) is 6.73. The minimum atomic E-state index is 0.272. The molecule has 88 valence electrons. The Balaban J connectivity index is 2.22. The molecule has 1 aliphatic rings. The van der Waals surface area contributed by atoms with Gasteiger partial charge < -0.3 is 9.64 Å². The summed E-state index contributed by atoms with van der Waals surface area (Å²) in [4.78, 5) is 6.80. The maximum absolute atomic E-state index is 5.73. The van der Waals surface area contributed by atoms with Gasteiger partial charge in [-0.05, 0) is 19.9 Å². The van der Waals surface area contributed by atoms with Crippen molar-refractivity contribution in [2.75, 3.05) is 18.0 Å². The number of aromatic nitrogens is 1. The Labute approximate surface area is 105 Å². The summed E-state index contributed by atoms with van der Waals surface area (Å²) in [6.45, 7) is 6.06. The van der Waals surface area contributed by atoms with Gasteiger partial charge in [-0.15, -0.1) is 0 Å². The van der Waals surface area contributed by atoms with Crippen molar-refractivity contribution in [2.45, 2.75) is 31.4 Å². The summed E-state index contributed by atoms with van der Waals surface area (Å²) in [5, 5.41) is 0.844. The maximum Gasteiger partial charge on any atom is 0.132 e. The first kappa shape index (κ1) is 11.9. The standard InChI is InChI=1S/C12H17BrN2O/c1-9-7-15(8-10(2)16-9)12-11(6-13)4-3-5-14-12/h3-5,9-10H,6-8H2,1-2H3/t9-,10+. The first-order valence-electron chi connectivity index (χ1n) is 5.61. The van der Waals surface area contributed by atoms with Crippen LogP contribution in [0.4, 0.5) is 5.82 Å². The van der Waals surface area contributed by atoms with E-state index >= 15 is 0 Å². The fourth-order valence-corrected chi connectivity index (χ4v) is 2.61. The first-order chi connectivity index (χ1) is 7.70. The SMILES string of the molecule is C[C@@H]1CN(c2ncccc2CBr)C[C@H](C)O1. The number of rotatable bonds is 2. The summed E-state index contributed by atoms with van der Waals surface area (Å²) in [6, 6.07) is 4.09. The molecule has 0 aromatic carbocycles. The smallest absolute Gasteiger partial charge is 0.132 e. The lowest BCUT2D eigenvalue weighted by Crippen LogP contribution is -2.46. The number of hydrogen-bond acceptors (Lipinski definition) is 3. The molecule has 0 radical (unpaired) electrons. The summed E-state index contributed by atoms with van der Waals surface area (Å²) >= 11 is 3.51. The Morgan fingerprint density at radius 2 is 2.12 bits per heavy atom. The number of hydrogen-bond donors (Lipinski definition) is 0. The van der Waals surface area contributed by atoms with Crippen LogP contribution in [0.1, 0.15) is 19.4 Å². The van der Waals surface area contributed by atoms with Crippen LogP contribution in [0.5, 0.6) is 0 Å². The molecule has 2 heterocycles. The van der Waals surface area contributed by atoms with Crippen LogP contribution in [0.3, 0.4) is 0 Å². The van der Waals surface area contributed by atoms with E-state index in [9.17, 15) is 0 Å². The molecule has 0 aliphatic carbocycles. The van der Waals surface area contributed by atoms with Crippen LogP contribution < -0.4 is 4.90 Å². The second-order valence-electron chi connectivity index (χ2n) is 4.28. The molecular weight excluding hydrogens is 268 g/mol. The average molecular weight is 285 g/mol. The normalized spacial score (nSPS) is 25.8. The van der Waals surface area contributed by atoms with Crippen molar-refractivity contribution < 1.29 is 4.74 Å². The van der Waals surface area contributed by atoms with Crippen LogP contribution in [-0.2, 0) is 10.1 Å². The summed E-state index contributed by atoms with van der Waals surface area (Å²) in [5.41, 5.74) is 1.24. The molecule has 1 aromatic rings. The molecule has 1 fully saturated rings. The quantitative estimate of drug-likeness (QED) is 0.781. The van der Waals surface area contributed by atoms with Crippen LogP contribution in [0.2, 0.25) is 0 Å². The van der Waals surface area contributed by atoms with Gasteiger partial charge in [0.1, 0.15) is 5.82 Å². The molecule has 0 spiro atoms. The Kier molecular flexibility index (Phi) is 3.82. The van der Waals surface area contributed by atoms with E-state index in [4.69, 9.17) is 4.74 Å². The molecule has 16 heavy (non-hydrogen) atoms. The van der Waals surface area contributed by atoms with E-state index in [-0.39, 0.29) is 12.2 Å². The minimum absolute atomic E-state index is 0.272. The van der Waals surface area contributed by atoms with Gasteiger partial charge in [0.15, 0.2) is 0 Å². The fourth-order valence-electron chi connectivity index (χ4n) is 2.17. The van der Waals surface area contributed by atoms with Crippen molar-refractivity contribution in [1.29, 1.82) is 0 Å². The molecule has 0 N–H and O–H groups in total. The summed E-state index contributed by atoms with van der Waals surface area (Å²) in [6.07, 6.45) is 2.40. The highest BCUT2D eigenvalue weighted by Gasteiger charge is 2.24.